The molecule has 0 saturated carbocycles. The third-order valence-electron chi connectivity index (χ3n) is 5.40. The van der Waals surface area contributed by atoms with Gasteiger partial charge in [-0.05, 0) is 18.3 Å². The van der Waals surface area contributed by atoms with E-state index in [0.717, 1.165) is 12.6 Å². The number of nitrogens with one attached hydrogen (secondary N) is 2. The summed E-state index contributed by atoms with van der Waals surface area (Å²) in [6, 6.07) is -1.03. The summed E-state index contributed by atoms with van der Waals surface area (Å²) in [7, 11) is -4.30. The van der Waals surface area contributed by atoms with Gasteiger partial charge in [-0.15, -0.1) is 0 Å². The molecule has 1 aliphatic heterocycles. The van der Waals surface area contributed by atoms with E-state index in [4.69, 9.17) is 4.74 Å². The van der Waals surface area contributed by atoms with E-state index in [2.05, 4.69) is 15.5 Å². The van der Waals surface area contributed by atoms with Gasteiger partial charge in [-0.25, -0.2) is 31.4 Å². The Balaban J connectivity index is 1.86. The Kier molecular flexibility index (Phi) is 7.29. The van der Waals surface area contributed by atoms with Crippen molar-refractivity contribution >= 4 is 21.7 Å². The molecule has 2 aromatic rings. The van der Waals surface area contributed by atoms with E-state index in [9.17, 15) is 22.0 Å². The van der Waals surface area contributed by atoms with Crippen LogP contribution in [0.3, 0.4) is 0 Å². The molecule has 0 aliphatic carbocycles. The highest BCUT2D eigenvalue weighted by Crippen LogP contribution is 2.33. The fourth-order valence-corrected chi connectivity index (χ4v) is 4.74. The third kappa shape index (κ3) is 5.28. The van der Waals surface area contributed by atoms with Gasteiger partial charge in [0, 0.05) is 5.92 Å². The molecule has 13 heteroatoms. The first-order valence-corrected chi connectivity index (χ1v) is 12.3. The van der Waals surface area contributed by atoms with Crippen molar-refractivity contribution in [3.05, 3.63) is 17.6 Å². The van der Waals surface area contributed by atoms with E-state index < -0.39 is 29.0 Å². The van der Waals surface area contributed by atoms with Crippen LogP contribution in [-0.2, 0) is 23.1 Å². The van der Waals surface area contributed by atoms with Gasteiger partial charge in [-0.2, -0.15) is 10.2 Å². The van der Waals surface area contributed by atoms with Gasteiger partial charge in [0.25, 0.3) is 16.4 Å². The van der Waals surface area contributed by atoms with Gasteiger partial charge in [0.1, 0.15) is 6.54 Å². The molecule has 0 bridgehead atoms. The highest BCUT2D eigenvalue weighted by Gasteiger charge is 2.31. The molecule has 3 rings (SSSR count). The van der Waals surface area contributed by atoms with Crippen LogP contribution in [0.1, 0.15) is 64.3 Å². The molecule has 184 valence electrons. The molecule has 0 saturated heterocycles. The van der Waals surface area contributed by atoms with E-state index in [-0.39, 0.29) is 34.2 Å². The highest BCUT2D eigenvalue weighted by molar-refractivity contribution is 7.90. The minimum atomic E-state index is -4.30. The minimum absolute atomic E-state index is 0.0792. The summed E-state index contributed by atoms with van der Waals surface area (Å²) >= 11 is 0. The standard InChI is InChI=1S/C20H30F2N6O4S/c1-6-13-8-28-19(32-10-13)14(7-23-28)33(30,31)26-20(29)24-17-16(11(2)3)25-27(9-15(21)22)18(17)12(4)5/h7,11-13,15H,6,8-10H2,1-5H3,(H2,24,26,29). The topological polar surface area (TPSA) is 120 Å². The number of sulfonamides is 1. The van der Waals surface area contributed by atoms with Gasteiger partial charge in [0.2, 0.25) is 5.88 Å². The lowest BCUT2D eigenvalue weighted by Gasteiger charge is -2.23. The van der Waals surface area contributed by atoms with Crippen molar-refractivity contribution in [2.45, 2.75) is 77.3 Å². The second-order valence-electron chi connectivity index (χ2n) is 8.67. The molecule has 2 N–H and O–H groups in total. The lowest BCUT2D eigenvalue weighted by Crippen LogP contribution is -2.35. The zero-order valence-electron chi connectivity index (χ0n) is 19.3. The number of rotatable bonds is 8. The number of hydrogen-bond donors (Lipinski definition) is 2. The van der Waals surface area contributed by atoms with E-state index in [1.807, 2.05) is 11.6 Å². The first-order valence-electron chi connectivity index (χ1n) is 10.9. The second kappa shape index (κ2) is 9.65. The van der Waals surface area contributed by atoms with E-state index >= 15 is 0 Å². The summed E-state index contributed by atoms with van der Waals surface area (Å²) in [6.45, 7) is 9.42. The quantitative estimate of drug-likeness (QED) is 0.587. The van der Waals surface area contributed by atoms with Gasteiger partial charge in [-0.1, -0.05) is 34.6 Å². The number of carbonyl (C=O) groups excluding carboxylic acids is 1. The minimum Gasteiger partial charge on any atom is -0.476 e. The molecule has 2 amide bonds. The number of nitrogens with zero attached hydrogens (tertiary/aromatic N) is 4. The maximum atomic E-state index is 13.1. The Labute approximate surface area is 191 Å². The SMILES string of the molecule is CCC1COc2c(S(=O)(=O)NC(=O)Nc3c(C(C)C)nn(CC(F)F)c3C(C)C)cnn2C1. The van der Waals surface area contributed by atoms with Crippen LogP contribution < -0.4 is 14.8 Å². The summed E-state index contributed by atoms with van der Waals surface area (Å²) in [5.74, 6) is -0.150. The maximum absolute atomic E-state index is 13.1. The predicted molar refractivity (Wildman–Crippen MR) is 117 cm³/mol. The Bertz CT molecular complexity index is 1110. The van der Waals surface area contributed by atoms with Crippen molar-refractivity contribution in [1.82, 2.24) is 24.3 Å². The van der Waals surface area contributed by atoms with Gasteiger partial charge >= 0.3 is 6.03 Å². The van der Waals surface area contributed by atoms with Crippen LogP contribution in [0.15, 0.2) is 11.1 Å². The molecule has 0 radical (unpaired) electrons. The Morgan fingerprint density at radius 3 is 2.55 bits per heavy atom. The summed E-state index contributed by atoms with van der Waals surface area (Å²) in [5, 5.41) is 10.9. The molecular weight excluding hydrogens is 458 g/mol. The molecule has 2 aromatic heterocycles. The Morgan fingerprint density at radius 1 is 1.27 bits per heavy atom. The maximum Gasteiger partial charge on any atom is 0.333 e. The number of alkyl halides is 2. The number of aromatic nitrogens is 4. The van der Waals surface area contributed by atoms with Crippen LogP contribution in [0.2, 0.25) is 0 Å². The first-order chi connectivity index (χ1) is 15.4. The second-order valence-corrected chi connectivity index (χ2v) is 10.3. The van der Waals surface area contributed by atoms with Crippen LogP contribution in [0.25, 0.3) is 0 Å². The normalized spacial score (nSPS) is 16.2. The van der Waals surface area contributed by atoms with Crippen LogP contribution in [0, 0.1) is 5.92 Å². The summed E-state index contributed by atoms with van der Waals surface area (Å²) in [4.78, 5) is 12.5. The van der Waals surface area contributed by atoms with Gasteiger partial charge < -0.3 is 10.1 Å². The van der Waals surface area contributed by atoms with Crippen molar-refractivity contribution < 1.29 is 26.7 Å². The molecule has 10 nitrogen and oxygen atoms in total. The van der Waals surface area contributed by atoms with Crippen molar-refractivity contribution in [1.29, 1.82) is 0 Å². The monoisotopic (exact) mass is 488 g/mol. The molecule has 3 heterocycles. The molecule has 0 fully saturated rings. The fourth-order valence-electron chi connectivity index (χ4n) is 3.76. The van der Waals surface area contributed by atoms with Crippen LogP contribution >= 0.6 is 0 Å². The average molecular weight is 489 g/mol. The number of fused-ring (bicyclic) bond motifs is 1. The fraction of sp³-hybridized carbons (Fsp3) is 0.650. The summed E-state index contributed by atoms with van der Waals surface area (Å²) in [5.41, 5.74) is 1.01. The summed E-state index contributed by atoms with van der Waals surface area (Å²) in [6.07, 6.45) is -0.634. The summed E-state index contributed by atoms with van der Waals surface area (Å²) < 4.78 is 62.1. The molecule has 1 atom stereocenters. The third-order valence-corrected chi connectivity index (χ3v) is 6.72. The number of hydrogen-bond acceptors (Lipinski definition) is 6. The predicted octanol–water partition coefficient (Wildman–Crippen LogP) is 3.52. The zero-order chi connectivity index (χ0) is 24.5. The zero-order valence-corrected chi connectivity index (χ0v) is 20.1. The molecule has 0 spiro atoms. The Morgan fingerprint density at radius 2 is 1.97 bits per heavy atom. The van der Waals surface area contributed by atoms with Crippen molar-refractivity contribution in [2.75, 3.05) is 11.9 Å². The highest BCUT2D eigenvalue weighted by atomic mass is 32.2. The van der Waals surface area contributed by atoms with Gasteiger partial charge in [0.05, 0.1) is 36.4 Å². The van der Waals surface area contributed by atoms with Crippen LogP contribution in [0.5, 0.6) is 5.88 Å². The molecule has 1 unspecified atom stereocenters. The lowest BCUT2D eigenvalue weighted by atomic mass is 10.0. The molecule has 1 aliphatic rings. The van der Waals surface area contributed by atoms with Crippen LogP contribution in [-0.4, -0.2) is 47.0 Å². The molecule has 0 aromatic carbocycles. The lowest BCUT2D eigenvalue weighted by molar-refractivity contribution is 0.120. The van der Waals surface area contributed by atoms with E-state index in [0.29, 0.717) is 24.5 Å². The van der Waals surface area contributed by atoms with Crippen molar-refractivity contribution in [3.63, 3.8) is 0 Å². The number of halogens is 2. The number of ether oxygens (including phenoxy) is 1. The Hall–Kier alpha value is -2.70. The van der Waals surface area contributed by atoms with Gasteiger partial charge in [-0.3, -0.25) is 4.68 Å². The van der Waals surface area contributed by atoms with Crippen molar-refractivity contribution in [2.24, 2.45) is 5.92 Å². The largest absolute Gasteiger partial charge is 0.476 e. The number of amides is 2. The van der Waals surface area contributed by atoms with Crippen molar-refractivity contribution in [3.8, 4) is 5.88 Å². The molecular formula is C20H30F2N6O4S. The number of anilines is 1. The number of carbonyl (C=O) groups is 1. The van der Waals surface area contributed by atoms with Gasteiger partial charge in [0.15, 0.2) is 4.90 Å². The van der Waals surface area contributed by atoms with E-state index in [1.165, 1.54) is 9.36 Å². The first kappa shape index (κ1) is 24.9. The smallest absolute Gasteiger partial charge is 0.333 e. The number of urea groups is 1. The average Bonchev–Trinajstić information content (AvgIpc) is 3.28. The van der Waals surface area contributed by atoms with Crippen LogP contribution in [0.4, 0.5) is 19.3 Å². The molecule has 33 heavy (non-hydrogen) atoms. The van der Waals surface area contributed by atoms with E-state index in [1.54, 1.807) is 27.7 Å².